The maximum Gasteiger partial charge on any atom is 0.255 e. The Labute approximate surface area is 177 Å². The second-order valence-corrected chi connectivity index (χ2v) is 7.10. The van der Waals surface area contributed by atoms with E-state index in [2.05, 4.69) is 27.7 Å². The molecule has 30 heavy (non-hydrogen) atoms. The summed E-state index contributed by atoms with van der Waals surface area (Å²) in [5, 5.41) is 5.51. The number of carbonyl (C=O) groups excluding carboxylic acids is 2. The number of carbonyl (C=O) groups is 2. The number of ether oxygens (including phenoxy) is 2. The molecule has 7 nitrogen and oxygen atoms in total. The normalized spacial score (nSPS) is 14.2. The quantitative estimate of drug-likeness (QED) is 0.660. The molecule has 0 radical (unpaired) electrons. The van der Waals surface area contributed by atoms with Crippen LogP contribution in [0.3, 0.4) is 0 Å². The van der Waals surface area contributed by atoms with Crippen molar-refractivity contribution in [2.75, 3.05) is 39.5 Å². The van der Waals surface area contributed by atoms with Crippen LogP contribution in [0.5, 0.6) is 5.75 Å². The molecule has 1 aliphatic rings. The van der Waals surface area contributed by atoms with Gasteiger partial charge in [-0.1, -0.05) is 36.4 Å². The van der Waals surface area contributed by atoms with Gasteiger partial charge in [-0.05, 0) is 30.2 Å². The topological polar surface area (TPSA) is 79.9 Å². The molecule has 1 heterocycles. The van der Waals surface area contributed by atoms with Crippen LogP contribution in [0.25, 0.3) is 0 Å². The van der Waals surface area contributed by atoms with Gasteiger partial charge < -0.3 is 20.1 Å². The molecular weight excluding hydrogens is 382 g/mol. The highest BCUT2D eigenvalue weighted by Gasteiger charge is 2.13. The number of para-hydroxylation sites is 1. The predicted octanol–water partition coefficient (Wildman–Crippen LogP) is 1.96. The van der Waals surface area contributed by atoms with E-state index < -0.39 is 0 Å². The Morgan fingerprint density at radius 2 is 1.80 bits per heavy atom. The molecule has 0 aromatic heterocycles. The van der Waals surface area contributed by atoms with Crippen molar-refractivity contribution in [2.45, 2.75) is 20.0 Å². The first-order chi connectivity index (χ1) is 14.7. The summed E-state index contributed by atoms with van der Waals surface area (Å²) in [6.07, 6.45) is 0. The first-order valence-electron chi connectivity index (χ1n) is 10.3. The highest BCUT2D eigenvalue weighted by atomic mass is 16.5. The Morgan fingerprint density at radius 1 is 1.03 bits per heavy atom. The predicted molar refractivity (Wildman–Crippen MR) is 114 cm³/mol. The molecule has 1 fully saturated rings. The highest BCUT2D eigenvalue weighted by molar-refractivity contribution is 5.98. The minimum absolute atomic E-state index is 0.0905. The van der Waals surface area contributed by atoms with Crippen LogP contribution in [0.2, 0.25) is 0 Å². The van der Waals surface area contributed by atoms with E-state index in [-0.39, 0.29) is 18.4 Å². The van der Waals surface area contributed by atoms with Gasteiger partial charge in [-0.2, -0.15) is 0 Å². The van der Waals surface area contributed by atoms with Gasteiger partial charge in [0.15, 0.2) is 0 Å². The van der Waals surface area contributed by atoms with Gasteiger partial charge in [0.1, 0.15) is 5.75 Å². The van der Waals surface area contributed by atoms with Crippen molar-refractivity contribution in [1.82, 2.24) is 15.5 Å². The van der Waals surface area contributed by atoms with Crippen molar-refractivity contribution in [1.29, 1.82) is 0 Å². The van der Waals surface area contributed by atoms with Crippen LogP contribution in [0.4, 0.5) is 0 Å². The smallest absolute Gasteiger partial charge is 0.255 e. The number of nitrogens with one attached hydrogen (secondary N) is 2. The van der Waals surface area contributed by atoms with Crippen molar-refractivity contribution in [3.05, 3.63) is 65.2 Å². The van der Waals surface area contributed by atoms with Gasteiger partial charge in [-0.15, -0.1) is 0 Å². The molecule has 0 unspecified atom stereocenters. The SMILES string of the molecule is CCOc1ccccc1C(=O)NCC(=O)NCc1cccc(CN2CCOCC2)c1. The lowest BCUT2D eigenvalue weighted by molar-refractivity contribution is -0.120. The zero-order valence-corrected chi connectivity index (χ0v) is 17.4. The van der Waals surface area contributed by atoms with E-state index in [0.717, 1.165) is 38.4 Å². The van der Waals surface area contributed by atoms with Gasteiger partial charge in [-0.3, -0.25) is 14.5 Å². The summed E-state index contributed by atoms with van der Waals surface area (Å²) in [5.74, 6) is -0.0625. The lowest BCUT2D eigenvalue weighted by Crippen LogP contribution is -2.37. The van der Waals surface area contributed by atoms with Crippen molar-refractivity contribution in [3.63, 3.8) is 0 Å². The van der Waals surface area contributed by atoms with Crippen molar-refractivity contribution in [3.8, 4) is 5.75 Å². The second-order valence-electron chi connectivity index (χ2n) is 7.10. The Kier molecular flexibility index (Phi) is 8.23. The number of rotatable bonds is 9. The standard InChI is InChI=1S/C23H29N3O4/c1-2-30-21-9-4-3-8-20(21)23(28)25-16-22(27)24-15-18-6-5-7-19(14-18)17-26-10-12-29-13-11-26/h3-9,14H,2,10-13,15-17H2,1H3,(H,24,27)(H,25,28). The number of morpholine rings is 1. The minimum Gasteiger partial charge on any atom is -0.493 e. The van der Waals surface area contributed by atoms with Crippen LogP contribution < -0.4 is 15.4 Å². The lowest BCUT2D eigenvalue weighted by atomic mass is 10.1. The second kappa shape index (κ2) is 11.3. The molecule has 160 valence electrons. The fraction of sp³-hybridized carbons (Fsp3) is 0.391. The van der Waals surface area contributed by atoms with Gasteiger partial charge in [0.2, 0.25) is 5.91 Å². The third kappa shape index (κ3) is 6.57. The Morgan fingerprint density at radius 3 is 2.60 bits per heavy atom. The Hall–Kier alpha value is -2.90. The molecule has 1 aliphatic heterocycles. The molecule has 1 saturated heterocycles. The molecule has 3 rings (SSSR count). The summed E-state index contributed by atoms with van der Waals surface area (Å²) in [4.78, 5) is 26.9. The third-order valence-electron chi connectivity index (χ3n) is 4.83. The lowest BCUT2D eigenvalue weighted by Gasteiger charge is -2.26. The molecule has 2 aromatic carbocycles. The number of benzene rings is 2. The van der Waals surface area contributed by atoms with Crippen molar-refractivity contribution >= 4 is 11.8 Å². The number of hydrogen-bond donors (Lipinski definition) is 2. The Bertz CT molecular complexity index is 850. The molecule has 0 bridgehead atoms. The number of amides is 2. The van der Waals surface area contributed by atoms with Gasteiger partial charge in [0, 0.05) is 26.2 Å². The van der Waals surface area contributed by atoms with Crippen LogP contribution >= 0.6 is 0 Å². The average molecular weight is 412 g/mol. The van der Waals surface area contributed by atoms with Crippen LogP contribution in [-0.2, 0) is 22.6 Å². The van der Waals surface area contributed by atoms with E-state index in [1.807, 2.05) is 25.1 Å². The molecule has 0 aliphatic carbocycles. The Balaban J connectivity index is 1.45. The monoisotopic (exact) mass is 411 g/mol. The maximum absolute atomic E-state index is 12.4. The molecule has 7 heteroatoms. The zero-order valence-electron chi connectivity index (χ0n) is 17.4. The summed E-state index contributed by atoms with van der Waals surface area (Å²) >= 11 is 0. The van der Waals surface area contributed by atoms with Crippen molar-refractivity contribution in [2.24, 2.45) is 0 Å². The fourth-order valence-electron chi connectivity index (χ4n) is 3.31. The summed E-state index contributed by atoms with van der Waals surface area (Å²) in [5.41, 5.74) is 2.66. The molecule has 2 N–H and O–H groups in total. The highest BCUT2D eigenvalue weighted by Crippen LogP contribution is 2.17. The van der Waals surface area contributed by atoms with Gasteiger partial charge in [0.05, 0.1) is 31.9 Å². The van der Waals surface area contributed by atoms with Crippen LogP contribution in [0, 0.1) is 0 Å². The first-order valence-corrected chi connectivity index (χ1v) is 10.3. The minimum atomic E-state index is -0.332. The molecule has 2 amide bonds. The molecular formula is C23H29N3O4. The largest absolute Gasteiger partial charge is 0.493 e. The van der Waals surface area contributed by atoms with Crippen molar-refractivity contribution < 1.29 is 19.1 Å². The van der Waals surface area contributed by atoms with E-state index >= 15 is 0 Å². The fourth-order valence-corrected chi connectivity index (χ4v) is 3.31. The first kappa shape index (κ1) is 21.8. The van der Waals surface area contributed by atoms with E-state index in [1.165, 1.54) is 5.56 Å². The summed E-state index contributed by atoms with van der Waals surface area (Å²) in [7, 11) is 0. The van der Waals surface area contributed by atoms with Gasteiger partial charge >= 0.3 is 0 Å². The summed E-state index contributed by atoms with van der Waals surface area (Å²) in [6.45, 7) is 6.95. The summed E-state index contributed by atoms with van der Waals surface area (Å²) in [6, 6.07) is 15.2. The number of hydrogen-bond acceptors (Lipinski definition) is 5. The van der Waals surface area contributed by atoms with E-state index in [4.69, 9.17) is 9.47 Å². The number of nitrogens with zero attached hydrogens (tertiary/aromatic N) is 1. The van der Waals surface area contributed by atoms with Crippen LogP contribution in [-0.4, -0.2) is 56.2 Å². The third-order valence-corrected chi connectivity index (χ3v) is 4.83. The molecule has 0 spiro atoms. The van der Waals surface area contributed by atoms with Gasteiger partial charge in [-0.25, -0.2) is 0 Å². The van der Waals surface area contributed by atoms with Crippen LogP contribution in [0.15, 0.2) is 48.5 Å². The van der Waals surface area contributed by atoms with E-state index in [1.54, 1.807) is 18.2 Å². The van der Waals surface area contributed by atoms with Gasteiger partial charge in [0.25, 0.3) is 5.91 Å². The molecule has 2 aromatic rings. The zero-order chi connectivity index (χ0) is 21.2. The average Bonchev–Trinajstić information content (AvgIpc) is 2.77. The van der Waals surface area contributed by atoms with Crippen LogP contribution in [0.1, 0.15) is 28.4 Å². The molecule has 0 atom stereocenters. The van der Waals surface area contributed by atoms with E-state index in [9.17, 15) is 9.59 Å². The van der Waals surface area contributed by atoms with E-state index in [0.29, 0.717) is 24.5 Å². The maximum atomic E-state index is 12.4. The summed E-state index contributed by atoms with van der Waals surface area (Å²) < 4.78 is 10.9. The molecule has 0 saturated carbocycles.